The molecule has 1 aromatic carbocycles. The van der Waals surface area contributed by atoms with E-state index in [1.807, 2.05) is 39.0 Å². The second-order valence-electron chi connectivity index (χ2n) is 5.23. The molecule has 1 heterocycles. The topological polar surface area (TPSA) is 57.8 Å². The molecule has 4 nitrogen and oxygen atoms in total. The van der Waals surface area contributed by atoms with E-state index >= 15 is 0 Å². The number of fused-ring (bicyclic) bond motifs is 1. The Labute approximate surface area is 100 Å². The Morgan fingerprint density at radius 1 is 1.41 bits per heavy atom. The Morgan fingerprint density at radius 2 is 2.18 bits per heavy atom. The number of H-pyrrole nitrogens is 1. The molecule has 2 N–H and O–H groups in total. The second-order valence-corrected chi connectivity index (χ2v) is 5.23. The quantitative estimate of drug-likeness (QED) is 0.830. The molecule has 2 rings (SSSR count). The zero-order valence-electron chi connectivity index (χ0n) is 10.4. The number of benzene rings is 1. The van der Waals surface area contributed by atoms with Gasteiger partial charge in [0.1, 0.15) is 0 Å². The first-order chi connectivity index (χ1) is 7.94. The highest BCUT2D eigenvalue weighted by atomic mass is 16.1. The summed E-state index contributed by atoms with van der Waals surface area (Å²) < 4.78 is 0. The van der Waals surface area contributed by atoms with Crippen LogP contribution in [-0.2, 0) is 11.2 Å². The molecule has 0 aliphatic heterocycles. The summed E-state index contributed by atoms with van der Waals surface area (Å²) >= 11 is 0. The van der Waals surface area contributed by atoms with Crippen molar-refractivity contribution in [2.75, 3.05) is 0 Å². The van der Waals surface area contributed by atoms with Crippen LogP contribution in [0.25, 0.3) is 11.0 Å². The van der Waals surface area contributed by atoms with E-state index in [4.69, 9.17) is 0 Å². The Bertz CT molecular complexity index is 537. The van der Waals surface area contributed by atoms with Gasteiger partial charge in [-0.05, 0) is 38.5 Å². The van der Waals surface area contributed by atoms with Crippen molar-refractivity contribution in [3.05, 3.63) is 30.1 Å². The molecule has 2 aromatic rings. The number of imidazole rings is 1. The summed E-state index contributed by atoms with van der Waals surface area (Å²) in [5, 5.41) is 2.94. The lowest BCUT2D eigenvalue weighted by atomic mass is 10.1. The molecule has 0 spiro atoms. The van der Waals surface area contributed by atoms with Crippen LogP contribution < -0.4 is 5.32 Å². The highest BCUT2D eigenvalue weighted by molar-refractivity contribution is 5.81. The van der Waals surface area contributed by atoms with Crippen molar-refractivity contribution in [2.24, 2.45) is 0 Å². The van der Waals surface area contributed by atoms with Crippen LogP contribution in [0.1, 0.15) is 26.3 Å². The van der Waals surface area contributed by atoms with Gasteiger partial charge in [0.05, 0.1) is 23.8 Å². The zero-order chi connectivity index (χ0) is 12.5. The number of nitrogens with one attached hydrogen (secondary N) is 2. The van der Waals surface area contributed by atoms with Crippen molar-refractivity contribution in [3.63, 3.8) is 0 Å². The van der Waals surface area contributed by atoms with E-state index < -0.39 is 0 Å². The predicted molar refractivity (Wildman–Crippen MR) is 67.7 cm³/mol. The molecule has 0 radical (unpaired) electrons. The number of carbonyl (C=O) groups excluding carboxylic acids is 1. The average Bonchev–Trinajstić information content (AvgIpc) is 2.61. The largest absolute Gasteiger partial charge is 0.351 e. The van der Waals surface area contributed by atoms with Crippen LogP contribution in [0.3, 0.4) is 0 Å². The Hall–Kier alpha value is -1.84. The number of nitrogens with zero attached hydrogens (tertiary/aromatic N) is 1. The van der Waals surface area contributed by atoms with E-state index in [1.165, 1.54) is 0 Å². The predicted octanol–water partition coefficient (Wildman–Crippen LogP) is 2.02. The minimum atomic E-state index is -0.185. The Morgan fingerprint density at radius 3 is 2.88 bits per heavy atom. The normalized spacial score (nSPS) is 11.7. The highest BCUT2D eigenvalue weighted by Crippen LogP contribution is 2.12. The second kappa shape index (κ2) is 4.20. The fourth-order valence-electron chi connectivity index (χ4n) is 1.74. The van der Waals surface area contributed by atoms with Gasteiger partial charge in [-0.3, -0.25) is 4.79 Å². The van der Waals surface area contributed by atoms with Gasteiger partial charge in [-0.1, -0.05) is 6.07 Å². The summed E-state index contributed by atoms with van der Waals surface area (Å²) in [6.45, 7) is 5.93. The van der Waals surface area contributed by atoms with Crippen molar-refractivity contribution in [3.8, 4) is 0 Å². The third kappa shape index (κ3) is 3.06. The number of hydrogen-bond donors (Lipinski definition) is 2. The molecule has 0 bridgehead atoms. The molecule has 1 aromatic heterocycles. The molecule has 0 saturated carbocycles. The summed E-state index contributed by atoms with van der Waals surface area (Å²) in [7, 11) is 0. The van der Waals surface area contributed by atoms with Gasteiger partial charge >= 0.3 is 0 Å². The number of aromatic nitrogens is 2. The van der Waals surface area contributed by atoms with Crippen LogP contribution in [0.15, 0.2) is 24.5 Å². The molecule has 17 heavy (non-hydrogen) atoms. The van der Waals surface area contributed by atoms with Gasteiger partial charge in [0.2, 0.25) is 5.91 Å². The number of aromatic amines is 1. The summed E-state index contributed by atoms with van der Waals surface area (Å²) in [5.74, 6) is 0.0383. The first-order valence-corrected chi connectivity index (χ1v) is 5.67. The maximum atomic E-state index is 11.8. The van der Waals surface area contributed by atoms with Gasteiger partial charge in [0, 0.05) is 5.54 Å². The van der Waals surface area contributed by atoms with Crippen LogP contribution in [0.4, 0.5) is 0 Å². The molecule has 0 atom stereocenters. The zero-order valence-corrected chi connectivity index (χ0v) is 10.4. The van der Waals surface area contributed by atoms with Crippen molar-refractivity contribution >= 4 is 16.9 Å². The molecular formula is C13H17N3O. The third-order valence-electron chi connectivity index (χ3n) is 2.36. The maximum Gasteiger partial charge on any atom is 0.224 e. The van der Waals surface area contributed by atoms with Crippen LogP contribution in [0.5, 0.6) is 0 Å². The fraction of sp³-hybridized carbons (Fsp3) is 0.385. The standard InChI is InChI=1S/C13H17N3O/c1-13(2,3)16-12(17)7-9-4-5-10-11(6-9)15-8-14-10/h4-6,8H,7H2,1-3H3,(H,14,15)(H,16,17). The molecule has 90 valence electrons. The molecule has 4 heteroatoms. The van der Waals surface area contributed by atoms with Gasteiger partial charge < -0.3 is 10.3 Å². The number of amides is 1. The summed E-state index contributed by atoms with van der Waals surface area (Å²) in [6, 6.07) is 5.82. The SMILES string of the molecule is CC(C)(C)NC(=O)Cc1ccc2nc[nH]c2c1. The summed E-state index contributed by atoms with van der Waals surface area (Å²) in [5.41, 5.74) is 2.69. The molecule has 0 fully saturated rings. The van der Waals surface area contributed by atoms with Gasteiger partial charge in [0.25, 0.3) is 0 Å². The van der Waals surface area contributed by atoms with Gasteiger partial charge in [-0.15, -0.1) is 0 Å². The summed E-state index contributed by atoms with van der Waals surface area (Å²) in [6.07, 6.45) is 2.05. The molecular weight excluding hydrogens is 214 g/mol. The van der Waals surface area contributed by atoms with Crippen LogP contribution in [0.2, 0.25) is 0 Å². The lowest BCUT2D eigenvalue weighted by Gasteiger charge is -2.20. The average molecular weight is 231 g/mol. The van der Waals surface area contributed by atoms with Crippen molar-refractivity contribution < 1.29 is 4.79 Å². The summed E-state index contributed by atoms with van der Waals surface area (Å²) in [4.78, 5) is 18.9. The van der Waals surface area contributed by atoms with Crippen molar-refractivity contribution in [1.82, 2.24) is 15.3 Å². The highest BCUT2D eigenvalue weighted by Gasteiger charge is 2.14. The molecule has 1 amide bonds. The van der Waals surface area contributed by atoms with Crippen molar-refractivity contribution in [2.45, 2.75) is 32.7 Å². The monoisotopic (exact) mass is 231 g/mol. The van der Waals surface area contributed by atoms with Crippen LogP contribution in [-0.4, -0.2) is 21.4 Å². The Kier molecular flexibility index (Phi) is 2.88. The lowest BCUT2D eigenvalue weighted by Crippen LogP contribution is -2.41. The van der Waals surface area contributed by atoms with Gasteiger partial charge in [0.15, 0.2) is 0 Å². The minimum absolute atomic E-state index is 0.0383. The molecule has 0 aliphatic carbocycles. The Balaban J connectivity index is 2.10. The number of carbonyl (C=O) groups is 1. The van der Waals surface area contributed by atoms with E-state index in [-0.39, 0.29) is 11.4 Å². The van der Waals surface area contributed by atoms with Crippen LogP contribution >= 0.6 is 0 Å². The fourth-order valence-corrected chi connectivity index (χ4v) is 1.74. The minimum Gasteiger partial charge on any atom is -0.351 e. The van der Waals surface area contributed by atoms with Gasteiger partial charge in [-0.25, -0.2) is 4.98 Å². The van der Waals surface area contributed by atoms with E-state index in [9.17, 15) is 4.79 Å². The van der Waals surface area contributed by atoms with E-state index in [0.717, 1.165) is 16.6 Å². The maximum absolute atomic E-state index is 11.8. The van der Waals surface area contributed by atoms with E-state index in [1.54, 1.807) is 6.33 Å². The van der Waals surface area contributed by atoms with Crippen LogP contribution in [0, 0.1) is 0 Å². The molecule has 0 unspecified atom stereocenters. The first-order valence-electron chi connectivity index (χ1n) is 5.67. The number of hydrogen-bond acceptors (Lipinski definition) is 2. The number of rotatable bonds is 2. The molecule has 0 aliphatic rings. The third-order valence-corrected chi connectivity index (χ3v) is 2.36. The van der Waals surface area contributed by atoms with Gasteiger partial charge in [-0.2, -0.15) is 0 Å². The molecule has 0 saturated heterocycles. The van der Waals surface area contributed by atoms with E-state index in [0.29, 0.717) is 6.42 Å². The lowest BCUT2D eigenvalue weighted by molar-refractivity contribution is -0.121. The smallest absolute Gasteiger partial charge is 0.224 e. The first kappa shape index (κ1) is 11.6. The van der Waals surface area contributed by atoms with Crippen molar-refractivity contribution in [1.29, 1.82) is 0 Å². The van der Waals surface area contributed by atoms with E-state index in [2.05, 4.69) is 15.3 Å².